The van der Waals surface area contributed by atoms with Gasteiger partial charge in [-0.1, -0.05) is 24.3 Å². The van der Waals surface area contributed by atoms with Crippen molar-refractivity contribution in [1.82, 2.24) is 0 Å². The zero-order chi connectivity index (χ0) is 13.6. The number of hydrogen-bond acceptors (Lipinski definition) is 3. The first kappa shape index (κ1) is 14.8. The summed E-state index contributed by atoms with van der Waals surface area (Å²) < 4.78 is 27.8. The number of halogens is 1. The van der Waals surface area contributed by atoms with Gasteiger partial charge in [0.1, 0.15) is 12.4 Å². The predicted octanol–water partition coefficient (Wildman–Crippen LogP) is 3.52. The van der Waals surface area contributed by atoms with E-state index in [1.165, 1.54) is 12.1 Å². The summed E-state index contributed by atoms with van der Waals surface area (Å²) in [6, 6.07) is 6.12. The molecule has 0 unspecified atom stereocenters. The molecule has 18 heavy (non-hydrogen) atoms. The molecule has 1 aromatic carbocycles. The molecule has 0 amide bonds. The second kappa shape index (κ2) is 6.61. The minimum absolute atomic E-state index is 0.0368. The van der Waals surface area contributed by atoms with Crippen LogP contribution in [0.25, 0.3) is 0 Å². The van der Waals surface area contributed by atoms with E-state index < -0.39 is 9.05 Å². The number of benzene rings is 1. The van der Waals surface area contributed by atoms with E-state index in [9.17, 15) is 8.42 Å². The van der Waals surface area contributed by atoms with Crippen LogP contribution in [0.15, 0.2) is 53.0 Å². The standard InChI is InChI=1S/C13H15ClO3S/c1-3-6-11(4-2)10-17-12-7-5-8-13(9-12)18(14,15)16/h3-9H,10H2,1-2H3. The van der Waals surface area contributed by atoms with Crippen molar-refractivity contribution >= 4 is 19.7 Å². The zero-order valence-corrected chi connectivity index (χ0v) is 11.8. The second-order valence-electron chi connectivity index (χ2n) is 3.56. The Morgan fingerprint density at radius 1 is 1.39 bits per heavy atom. The monoisotopic (exact) mass is 286 g/mol. The third-order valence-electron chi connectivity index (χ3n) is 2.24. The highest BCUT2D eigenvalue weighted by atomic mass is 35.7. The summed E-state index contributed by atoms with van der Waals surface area (Å²) in [5.41, 5.74) is 1.01. The van der Waals surface area contributed by atoms with Gasteiger partial charge in [-0.3, -0.25) is 0 Å². The Hall–Kier alpha value is -1.26. The van der Waals surface area contributed by atoms with E-state index in [1.54, 1.807) is 12.1 Å². The number of rotatable bonds is 5. The molecular weight excluding hydrogens is 272 g/mol. The summed E-state index contributed by atoms with van der Waals surface area (Å²) >= 11 is 0. The molecule has 0 N–H and O–H groups in total. The van der Waals surface area contributed by atoms with Crippen LogP contribution in [0.5, 0.6) is 5.75 Å². The highest BCUT2D eigenvalue weighted by Crippen LogP contribution is 2.21. The van der Waals surface area contributed by atoms with Crippen molar-refractivity contribution in [2.75, 3.05) is 6.61 Å². The Morgan fingerprint density at radius 2 is 2.11 bits per heavy atom. The van der Waals surface area contributed by atoms with Gasteiger partial charge >= 0.3 is 0 Å². The van der Waals surface area contributed by atoms with E-state index >= 15 is 0 Å². The lowest BCUT2D eigenvalue weighted by molar-refractivity contribution is 0.354. The summed E-state index contributed by atoms with van der Waals surface area (Å²) in [7, 11) is 1.55. The molecule has 0 saturated carbocycles. The molecule has 0 bridgehead atoms. The number of allylic oxidation sites excluding steroid dienone is 2. The first-order valence-electron chi connectivity index (χ1n) is 5.42. The smallest absolute Gasteiger partial charge is 0.261 e. The predicted molar refractivity (Wildman–Crippen MR) is 73.5 cm³/mol. The van der Waals surface area contributed by atoms with Crippen LogP contribution in [-0.4, -0.2) is 15.0 Å². The fourth-order valence-electron chi connectivity index (χ4n) is 1.32. The van der Waals surface area contributed by atoms with Gasteiger partial charge < -0.3 is 4.74 Å². The molecule has 0 aromatic heterocycles. The van der Waals surface area contributed by atoms with E-state index in [4.69, 9.17) is 15.4 Å². The largest absolute Gasteiger partial charge is 0.489 e. The fourth-order valence-corrected chi connectivity index (χ4v) is 2.11. The van der Waals surface area contributed by atoms with E-state index in [0.29, 0.717) is 12.4 Å². The molecule has 0 aliphatic carbocycles. The van der Waals surface area contributed by atoms with Crippen molar-refractivity contribution in [2.24, 2.45) is 0 Å². The lowest BCUT2D eigenvalue weighted by atomic mass is 10.2. The van der Waals surface area contributed by atoms with Crippen LogP contribution in [0.4, 0.5) is 0 Å². The van der Waals surface area contributed by atoms with Gasteiger partial charge in [0.15, 0.2) is 0 Å². The third kappa shape index (κ3) is 4.55. The summed E-state index contributed by atoms with van der Waals surface area (Å²) in [5, 5.41) is 0. The minimum Gasteiger partial charge on any atom is -0.489 e. The molecule has 0 aliphatic rings. The molecule has 0 spiro atoms. The molecule has 1 rings (SSSR count). The van der Waals surface area contributed by atoms with Gasteiger partial charge in [0.05, 0.1) is 4.90 Å². The molecule has 98 valence electrons. The molecule has 1 aromatic rings. The van der Waals surface area contributed by atoms with Crippen molar-refractivity contribution < 1.29 is 13.2 Å². The van der Waals surface area contributed by atoms with Crippen LogP contribution in [0, 0.1) is 0 Å². The van der Waals surface area contributed by atoms with Crippen molar-refractivity contribution in [3.8, 4) is 5.75 Å². The molecule has 0 radical (unpaired) electrons. The average molecular weight is 287 g/mol. The van der Waals surface area contributed by atoms with Gasteiger partial charge in [0.2, 0.25) is 0 Å². The topological polar surface area (TPSA) is 43.4 Å². The van der Waals surface area contributed by atoms with Crippen molar-refractivity contribution in [3.63, 3.8) is 0 Å². The highest BCUT2D eigenvalue weighted by Gasteiger charge is 2.10. The Balaban J connectivity index is 2.81. The maximum atomic E-state index is 11.2. The first-order chi connectivity index (χ1) is 8.47. The summed E-state index contributed by atoms with van der Waals surface area (Å²) in [6.45, 7) is 4.22. The van der Waals surface area contributed by atoms with Gasteiger partial charge in [-0.2, -0.15) is 0 Å². The average Bonchev–Trinajstić information content (AvgIpc) is 2.34. The third-order valence-corrected chi connectivity index (χ3v) is 3.60. The SMILES string of the molecule is CC=CC(=CC)COc1cccc(S(=O)(=O)Cl)c1. The Bertz CT molecular complexity index is 559. The van der Waals surface area contributed by atoms with Crippen LogP contribution >= 0.6 is 10.7 Å². The maximum Gasteiger partial charge on any atom is 0.261 e. The molecule has 0 fully saturated rings. The fraction of sp³-hybridized carbons (Fsp3) is 0.231. The highest BCUT2D eigenvalue weighted by molar-refractivity contribution is 8.13. The van der Waals surface area contributed by atoms with Gasteiger partial charge in [0, 0.05) is 16.7 Å². The van der Waals surface area contributed by atoms with Gasteiger partial charge in [-0.05, 0) is 31.6 Å². The number of hydrogen-bond donors (Lipinski definition) is 0. The van der Waals surface area contributed by atoms with E-state index in [1.807, 2.05) is 32.1 Å². The van der Waals surface area contributed by atoms with Gasteiger partial charge in [-0.15, -0.1) is 0 Å². The van der Waals surface area contributed by atoms with Crippen LogP contribution in [-0.2, 0) is 9.05 Å². The van der Waals surface area contributed by atoms with Crippen molar-refractivity contribution in [1.29, 1.82) is 0 Å². The van der Waals surface area contributed by atoms with Crippen LogP contribution in [0.1, 0.15) is 13.8 Å². The van der Waals surface area contributed by atoms with Crippen LogP contribution in [0.2, 0.25) is 0 Å². The molecule has 5 heteroatoms. The molecule has 0 heterocycles. The Kier molecular flexibility index (Phi) is 5.44. The molecule has 3 nitrogen and oxygen atoms in total. The lowest BCUT2D eigenvalue weighted by Crippen LogP contribution is -2.00. The van der Waals surface area contributed by atoms with Crippen molar-refractivity contribution in [3.05, 3.63) is 48.1 Å². The minimum atomic E-state index is -3.72. The zero-order valence-electron chi connectivity index (χ0n) is 10.3. The summed E-state index contributed by atoms with van der Waals surface area (Å²) in [4.78, 5) is 0.0368. The van der Waals surface area contributed by atoms with Crippen molar-refractivity contribution in [2.45, 2.75) is 18.7 Å². The number of ether oxygens (including phenoxy) is 1. The van der Waals surface area contributed by atoms with Crippen LogP contribution < -0.4 is 4.74 Å². The van der Waals surface area contributed by atoms with E-state index in [-0.39, 0.29) is 4.90 Å². The first-order valence-corrected chi connectivity index (χ1v) is 7.73. The van der Waals surface area contributed by atoms with E-state index in [2.05, 4.69) is 0 Å². The molecule has 0 aliphatic heterocycles. The second-order valence-corrected chi connectivity index (χ2v) is 6.13. The van der Waals surface area contributed by atoms with E-state index in [0.717, 1.165) is 5.57 Å². The Morgan fingerprint density at radius 3 is 2.67 bits per heavy atom. The normalized spacial score (nSPS) is 12.9. The molecule has 0 atom stereocenters. The molecular formula is C13H15ClO3S. The summed E-state index contributed by atoms with van der Waals surface area (Å²) in [5.74, 6) is 0.473. The maximum absolute atomic E-state index is 11.2. The van der Waals surface area contributed by atoms with Gasteiger partial charge in [0.25, 0.3) is 9.05 Å². The lowest BCUT2D eigenvalue weighted by Gasteiger charge is -2.07. The van der Waals surface area contributed by atoms with Gasteiger partial charge in [-0.25, -0.2) is 8.42 Å². The molecule has 0 saturated heterocycles. The quantitative estimate of drug-likeness (QED) is 0.614. The summed E-state index contributed by atoms with van der Waals surface area (Å²) in [6.07, 6.45) is 5.78. The Labute approximate surface area is 112 Å². The van der Waals surface area contributed by atoms with Crippen LogP contribution in [0.3, 0.4) is 0 Å².